The van der Waals surface area contributed by atoms with Gasteiger partial charge in [0.25, 0.3) is 10.2 Å². The van der Waals surface area contributed by atoms with Crippen LogP contribution in [0.25, 0.3) is 0 Å². The lowest BCUT2D eigenvalue weighted by Gasteiger charge is -2.19. The lowest BCUT2D eigenvalue weighted by Crippen LogP contribution is -2.30. The lowest BCUT2D eigenvalue weighted by molar-refractivity contribution is 0.259. The number of hydrogen-bond donors (Lipinski definition) is 4. The van der Waals surface area contributed by atoms with Crippen LogP contribution in [0.5, 0.6) is 0 Å². The van der Waals surface area contributed by atoms with Crippen molar-refractivity contribution in [2.45, 2.75) is 44.1 Å². The largest absolute Gasteiger partial charge is 0.394 e. The number of halogens is 2. The molecule has 0 aliphatic carbocycles. The normalized spacial score (nSPS) is 12.7. The highest BCUT2D eigenvalue weighted by atomic mass is 32.2. The van der Waals surface area contributed by atoms with E-state index in [2.05, 4.69) is 24.7 Å². The fourth-order valence-electron chi connectivity index (χ4n) is 2.74. The van der Waals surface area contributed by atoms with Crippen molar-refractivity contribution < 1.29 is 22.3 Å². The second-order valence-electron chi connectivity index (χ2n) is 7.18. The van der Waals surface area contributed by atoms with Gasteiger partial charge in [-0.05, 0) is 18.4 Å². The summed E-state index contributed by atoms with van der Waals surface area (Å²) in [4.78, 5) is 8.49. The van der Waals surface area contributed by atoms with E-state index in [1.807, 2.05) is 13.8 Å². The zero-order valence-corrected chi connectivity index (χ0v) is 19.2. The number of anilines is 2. The van der Waals surface area contributed by atoms with E-state index in [1.54, 1.807) is 6.92 Å². The van der Waals surface area contributed by atoms with Gasteiger partial charge in [-0.1, -0.05) is 44.7 Å². The highest BCUT2D eigenvalue weighted by Crippen LogP contribution is 2.26. The van der Waals surface area contributed by atoms with Crippen molar-refractivity contribution in [1.82, 2.24) is 14.7 Å². The Bertz CT molecular complexity index is 977. The Balaban J connectivity index is 2.29. The molecule has 2 rings (SSSR count). The van der Waals surface area contributed by atoms with Gasteiger partial charge >= 0.3 is 0 Å². The standard InChI is InChI=1S/C19H27F2N5O3S2/c1-4-22-31(28,29)26-17-9-16(23-14(10-27)8-12(2)3)24-19(25-17)30-11-13-6-5-7-15(20)18(13)21/h5-7,9,12,14,22,27H,4,8,10-11H2,1-3H3,(H2,23,24,25,26)/t14-/m1/s1. The van der Waals surface area contributed by atoms with E-state index in [-0.39, 0.29) is 41.5 Å². The van der Waals surface area contributed by atoms with Crippen LogP contribution in [0.1, 0.15) is 32.8 Å². The van der Waals surface area contributed by atoms with Gasteiger partial charge in [0.1, 0.15) is 11.6 Å². The molecule has 0 unspecified atom stereocenters. The molecule has 1 atom stereocenters. The molecule has 1 heterocycles. The van der Waals surface area contributed by atoms with Crippen LogP contribution in [-0.4, -0.2) is 42.7 Å². The first-order valence-electron chi connectivity index (χ1n) is 9.73. The number of benzene rings is 1. The van der Waals surface area contributed by atoms with Gasteiger partial charge in [0.05, 0.1) is 12.6 Å². The van der Waals surface area contributed by atoms with Crippen LogP contribution in [0.3, 0.4) is 0 Å². The second-order valence-corrected chi connectivity index (χ2v) is 9.62. The summed E-state index contributed by atoms with van der Waals surface area (Å²) in [5, 5.41) is 12.9. The summed E-state index contributed by atoms with van der Waals surface area (Å²) in [5.74, 6) is -1.25. The van der Waals surface area contributed by atoms with E-state index in [9.17, 15) is 22.3 Å². The number of hydrogen-bond acceptors (Lipinski definition) is 7. The summed E-state index contributed by atoms with van der Waals surface area (Å²) < 4.78 is 56.1. The maximum atomic E-state index is 13.9. The minimum absolute atomic E-state index is 0.00176. The highest BCUT2D eigenvalue weighted by Gasteiger charge is 2.16. The Labute approximate surface area is 185 Å². The van der Waals surface area contributed by atoms with Crippen molar-refractivity contribution in [3.63, 3.8) is 0 Å². The Morgan fingerprint density at radius 3 is 2.55 bits per heavy atom. The zero-order chi connectivity index (χ0) is 23.0. The number of aliphatic hydroxyl groups is 1. The molecular weight excluding hydrogens is 448 g/mol. The van der Waals surface area contributed by atoms with Crippen molar-refractivity contribution >= 4 is 33.6 Å². The predicted octanol–water partition coefficient (Wildman–Crippen LogP) is 3.13. The number of aliphatic hydroxyl groups excluding tert-OH is 1. The Morgan fingerprint density at radius 2 is 1.90 bits per heavy atom. The Hall–Kier alpha value is -2.02. The van der Waals surface area contributed by atoms with Gasteiger partial charge in [0, 0.05) is 23.9 Å². The van der Waals surface area contributed by atoms with Crippen molar-refractivity contribution in [3.8, 4) is 0 Å². The number of rotatable bonds is 12. The molecule has 2 aromatic rings. The van der Waals surface area contributed by atoms with Crippen LogP contribution in [0.15, 0.2) is 29.4 Å². The first-order valence-corrected chi connectivity index (χ1v) is 12.2. The summed E-state index contributed by atoms with van der Waals surface area (Å²) in [6.45, 7) is 5.70. The number of nitrogens with zero attached hydrogens (tertiary/aromatic N) is 2. The van der Waals surface area contributed by atoms with Crippen molar-refractivity contribution in [1.29, 1.82) is 0 Å². The van der Waals surface area contributed by atoms with Gasteiger partial charge in [-0.2, -0.15) is 13.1 Å². The van der Waals surface area contributed by atoms with Gasteiger partial charge in [0.15, 0.2) is 16.8 Å². The molecule has 31 heavy (non-hydrogen) atoms. The fourth-order valence-corrected chi connectivity index (χ4v) is 4.40. The fraction of sp³-hybridized carbons (Fsp3) is 0.474. The van der Waals surface area contributed by atoms with Gasteiger partial charge in [-0.25, -0.2) is 18.7 Å². The molecule has 172 valence electrons. The summed E-state index contributed by atoms with van der Waals surface area (Å²) in [6.07, 6.45) is 0.663. The zero-order valence-electron chi connectivity index (χ0n) is 17.5. The van der Waals surface area contributed by atoms with Gasteiger partial charge < -0.3 is 10.4 Å². The quantitative estimate of drug-likeness (QED) is 0.275. The molecule has 0 fully saturated rings. The highest BCUT2D eigenvalue weighted by molar-refractivity contribution is 7.98. The number of thioether (sulfide) groups is 1. The maximum Gasteiger partial charge on any atom is 0.300 e. The third kappa shape index (κ3) is 8.20. The van der Waals surface area contributed by atoms with Crippen LogP contribution in [0.2, 0.25) is 0 Å². The molecule has 0 saturated heterocycles. The van der Waals surface area contributed by atoms with Crippen LogP contribution < -0.4 is 14.8 Å². The van der Waals surface area contributed by atoms with Crippen LogP contribution in [0, 0.1) is 17.6 Å². The van der Waals surface area contributed by atoms with Gasteiger partial charge in [0.2, 0.25) is 0 Å². The SMILES string of the molecule is CCNS(=O)(=O)Nc1cc(N[C@@H](CO)CC(C)C)nc(SCc2cccc(F)c2F)n1. The molecule has 0 aliphatic rings. The van der Waals surface area contributed by atoms with E-state index in [0.717, 1.165) is 17.8 Å². The minimum Gasteiger partial charge on any atom is -0.394 e. The van der Waals surface area contributed by atoms with E-state index in [4.69, 9.17) is 0 Å². The molecule has 1 aromatic heterocycles. The summed E-state index contributed by atoms with van der Waals surface area (Å²) in [5.41, 5.74) is 0.134. The lowest BCUT2D eigenvalue weighted by atomic mass is 10.0. The molecule has 8 nitrogen and oxygen atoms in total. The van der Waals surface area contributed by atoms with Gasteiger partial charge in [-0.3, -0.25) is 4.72 Å². The number of aromatic nitrogens is 2. The third-order valence-electron chi connectivity index (χ3n) is 4.00. The number of nitrogens with one attached hydrogen (secondary N) is 3. The first-order chi connectivity index (χ1) is 14.6. The molecule has 4 N–H and O–H groups in total. The monoisotopic (exact) mass is 475 g/mol. The average molecular weight is 476 g/mol. The molecule has 0 bridgehead atoms. The summed E-state index contributed by atoms with van der Waals surface area (Å²) in [7, 11) is -3.84. The summed E-state index contributed by atoms with van der Waals surface area (Å²) >= 11 is 1.03. The topological polar surface area (TPSA) is 116 Å². The molecule has 12 heteroatoms. The van der Waals surface area contributed by atoms with E-state index in [1.165, 1.54) is 18.2 Å². The van der Waals surface area contributed by atoms with Crippen LogP contribution in [-0.2, 0) is 16.0 Å². The van der Waals surface area contributed by atoms with Crippen molar-refractivity contribution in [2.24, 2.45) is 5.92 Å². The maximum absolute atomic E-state index is 13.9. The van der Waals surface area contributed by atoms with E-state index >= 15 is 0 Å². The van der Waals surface area contributed by atoms with Crippen LogP contribution >= 0.6 is 11.8 Å². The predicted molar refractivity (Wildman–Crippen MR) is 118 cm³/mol. The molecule has 0 amide bonds. The smallest absolute Gasteiger partial charge is 0.300 e. The minimum atomic E-state index is -3.84. The van der Waals surface area contributed by atoms with Crippen LogP contribution in [0.4, 0.5) is 20.4 Å². The van der Waals surface area contributed by atoms with Crippen molar-refractivity contribution in [2.75, 3.05) is 23.2 Å². The Morgan fingerprint density at radius 1 is 1.19 bits per heavy atom. The molecule has 0 saturated carbocycles. The summed E-state index contributed by atoms with van der Waals surface area (Å²) in [6, 6.07) is 4.99. The molecular formula is C19H27F2N5O3S2. The van der Waals surface area contributed by atoms with E-state index in [0.29, 0.717) is 18.2 Å². The molecule has 1 aromatic carbocycles. The molecule has 0 aliphatic heterocycles. The molecule has 0 spiro atoms. The first kappa shape index (κ1) is 25.2. The second kappa shape index (κ2) is 11.6. The van der Waals surface area contributed by atoms with E-state index < -0.39 is 21.8 Å². The average Bonchev–Trinajstić information content (AvgIpc) is 2.67. The van der Waals surface area contributed by atoms with Gasteiger partial charge in [-0.15, -0.1) is 0 Å². The Kier molecular flexibility index (Phi) is 9.41. The molecule has 0 radical (unpaired) electrons. The van der Waals surface area contributed by atoms with Crippen molar-refractivity contribution in [3.05, 3.63) is 41.5 Å². The third-order valence-corrected chi connectivity index (χ3v) is 6.04.